The van der Waals surface area contributed by atoms with Crippen LogP contribution in [0.1, 0.15) is 29.0 Å². The van der Waals surface area contributed by atoms with Crippen LogP contribution in [0.5, 0.6) is 17.2 Å². The van der Waals surface area contributed by atoms with Crippen LogP contribution in [0.2, 0.25) is 0 Å². The molecule has 0 heterocycles. The standard InChI is InChI=1S/C25H29NO3/c1-27-21-12-8-19(9-13-21)18-26-17-16-23(20-10-14-22(28-2)15-11-20)24-6-4-5-7-25(24)29-3/h4-15,23,26H,16-18H2,1-3H3/p+1/t23-/m1/s1. The summed E-state index contributed by atoms with van der Waals surface area (Å²) in [5.74, 6) is 2.97. The fourth-order valence-electron chi connectivity index (χ4n) is 3.61. The molecular formula is C25H30NO3+. The average molecular weight is 393 g/mol. The van der Waals surface area contributed by atoms with E-state index in [1.165, 1.54) is 16.7 Å². The number of benzene rings is 3. The van der Waals surface area contributed by atoms with Gasteiger partial charge in [0.25, 0.3) is 0 Å². The number of hydrogen-bond acceptors (Lipinski definition) is 3. The number of quaternary nitrogens is 1. The Labute approximate surface area is 173 Å². The van der Waals surface area contributed by atoms with Crippen molar-refractivity contribution in [2.75, 3.05) is 27.9 Å². The summed E-state index contributed by atoms with van der Waals surface area (Å²) in [5, 5.41) is 2.35. The van der Waals surface area contributed by atoms with Gasteiger partial charge in [0.1, 0.15) is 23.8 Å². The van der Waals surface area contributed by atoms with Crippen molar-refractivity contribution in [3.05, 3.63) is 89.5 Å². The van der Waals surface area contributed by atoms with Crippen LogP contribution in [-0.4, -0.2) is 27.9 Å². The van der Waals surface area contributed by atoms with E-state index in [2.05, 4.69) is 41.7 Å². The van der Waals surface area contributed by atoms with Crippen LogP contribution < -0.4 is 19.5 Å². The molecule has 0 aliphatic rings. The smallest absolute Gasteiger partial charge is 0.122 e. The van der Waals surface area contributed by atoms with Gasteiger partial charge in [-0.2, -0.15) is 0 Å². The average Bonchev–Trinajstić information content (AvgIpc) is 2.79. The molecule has 4 nitrogen and oxygen atoms in total. The lowest BCUT2D eigenvalue weighted by Crippen LogP contribution is -2.82. The van der Waals surface area contributed by atoms with Crippen molar-refractivity contribution in [3.63, 3.8) is 0 Å². The van der Waals surface area contributed by atoms with Crippen LogP contribution in [0.15, 0.2) is 72.8 Å². The molecule has 0 aliphatic carbocycles. The minimum Gasteiger partial charge on any atom is -0.497 e. The van der Waals surface area contributed by atoms with E-state index in [0.717, 1.165) is 36.8 Å². The highest BCUT2D eigenvalue weighted by atomic mass is 16.5. The van der Waals surface area contributed by atoms with Gasteiger partial charge >= 0.3 is 0 Å². The molecule has 0 radical (unpaired) electrons. The predicted molar refractivity (Wildman–Crippen MR) is 116 cm³/mol. The molecule has 2 N–H and O–H groups in total. The quantitative estimate of drug-likeness (QED) is 0.531. The Balaban J connectivity index is 1.70. The lowest BCUT2D eigenvalue weighted by Gasteiger charge is -2.20. The SMILES string of the molecule is COc1ccc(C[NH2+]CC[C@H](c2ccc(OC)cc2)c2ccccc2OC)cc1. The molecule has 0 unspecified atom stereocenters. The van der Waals surface area contributed by atoms with Gasteiger partial charge in [-0.3, -0.25) is 0 Å². The largest absolute Gasteiger partial charge is 0.497 e. The fourth-order valence-corrected chi connectivity index (χ4v) is 3.61. The zero-order valence-corrected chi connectivity index (χ0v) is 17.4. The topological polar surface area (TPSA) is 44.3 Å². The van der Waals surface area contributed by atoms with E-state index >= 15 is 0 Å². The van der Waals surface area contributed by atoms with Crippen molar-refractivity contribution in [3.8, 4) is 17.2 Å². The minimum absolute atomic E-state index is 0.268. The Hall–Kier alpha value is -2.98. The lowest BCUT2D eigenvalue weighted by molar-refractivity contribution is -0.671. The summed E-state index contributed by atoms with van der Waals surface area (Å²) in [6, 6.07) is 24.9. The molecule has 3 aromatic carbocycles. The van der Waals surface area contributed by atoms with Gasteiger partial charge in [0.2, 0.25) is 0 Å². The highest BCUT2D eigenvalue weighted by molar-refractivity contribution is 5.43. The molecule has 0 saturated heterocycles. The maximum atomic E-state index is 5.64. The first-order valence-corrected chi connectivity index (χ1v) is 9.96. The van der Waals surface area contributed by atoms with Gasteiger partial charge in [0, 0.05) is 23.5 Å². The molecule has 3 rings (SSSR count). The Kier molecular flexibility index (Phi) is 7.54. The van der Waals surface area contributed by atoms with Gasteiger partial charge in [-0.15, -0.1) is 0 Å². The summed E-state index contributed by atoms with van der Waals surface area (Å²) < 4.78 is 16.2. The molecule has 1 atom stereocenters. The van der Waals surface area contributed by atoms with Crippen molar-refractivity contribution < 1.29 is 19.5 Å². The molecule has 0 fully saturated rings. The first-order valence-electron chi connectivity index (χ1n) is 9.96. The fraction of sp³-hybridized carbons (Fsp3) is 0.280. The Morgan fingerprint density at radius 3 is 1.97 bits per heavy atom. The van der Waals surface area contributed by atoms with Gasteiger partial charge in [0.15, 0.2) is 0 Å². The third-order valence-corrected chi connectivity index (χ3v) is 5.23. The van der Waals surface area contributed by atoms with Gasteiger partial charge in [-0.1, -0.05) is 30.3 Å². The van der Waals surface area contributed by atoms with E-state index in [9.17, 15) is 0 Å². The highest BCUT2D eigenvalue weighted by Gasteiger charge is 2.19. The summed E-state index contributed by atoms with van der Waals surface area (Å²) in [6.45, 7) is 1.96. The molecule has 0 aliphatic heterocycles. The van der Waals surface area contributed by atoms with Crippen LogP contribution in [0.3, 0.4) is 0 Å². The van der Waals surface area contributed by atoms with E-state index in [-0.39, 0.29) is 5.92 Å². The lowest BCUT2D eigenvalue weighted by atomic mass is 9.88. The van der Waals surface area contributed by atoms with Crippen LogP contribution in [0.25, 0.3) is 0 Å². The molecule has 29 heavy (non-hydrogen) atoms. The summed E-state index contributed by atoms with van der Waals surface area (Å²) in [5.41, 5.74) is 3.79. The van der Waals surface area contributed by atoms with Crippen LogP contribution in [0.4, 0.5) is 0 Å². The second kappa shape index (κ2) is 10.5. The zero-order chi connectivity index (χ0) is 20.5. The summed E-state index contributed by atoms with van der Waals surface area (Å²) in [7, 11) is 5.12. The van der Waals surface area contributed by atoms with E-state index in [4.69, 9.17) is 14.2 Å². The number of para-hydroxylation sites is 1. The van der Waals surface area contributed by atoms with Gasteiger partial charge in [-0.05, 0) is 48.0 Å². The van der Waals surface area contributed by atoms with Gasteiger partial charge in [-0.25, -0.2) is 0 Å². The number of hydrogen-bond donors (Lipinski definition) is 1. The van der Waals surface area contributed by atoms with Crippen molar-refractivity contribution in [1.29, 1.82) is 0 Å². The second-order valence-corrected chi connectivity index (χ2v) is 6.99. The molecule has 0 saturated carbocycles. The molecular weight excluding hydrogens is 362 g/mol. The van der Waals surface area contributed by atoms with E-state index in [1.807, 2.05) is 36.4 Å². The summed E-state index contributed by atoms with van der Waals surface area (Å²) in [6.07, 6.45) is 1.02. The van der Waals surface area contributed by atoms with Crippen molar-refractivity contribution in [1.82, 2.24) is 0 Å². The highest BCUT2D eigenvalue weighted by Crippen LogP contribution is 2.34. The molecule has 4 heteroatoms. The predicted octanol–water partition coefficient (Wildman–Crippen LogP) is 4.00. The molecule has 0 bridgehead atoms. The van der Waals surface area contributed by atoms with E-state index in [1.54, 1.807) is 21.3 Å². The summed E-state index contributed by atoms with van der Waals surface area (Å²) in [4.78, 5) is 0. The van der Waals surface area contributed by atoms with Crippen LogP contribution in [0, 0.1) is 0 Å². The van der Waals surface area contributed by atoms with Gasteiger partial charge in [0.05, 0.1) is 27.9 Å². The van der Waals surface area contributed by atoms with Gasteiger partial charge < -0.3 is 19.5 Å². The van der Waals surface area contributed by atoms with Crippen molar-refractivity contribution in [2.24, 2.45) is 0 Å². The van der Waals surface area contributed by atoms with Crippen molar-refractivity contribution >= 4 is 0 Å². The second-order valence-electron chi connectivity index (χ2n) is 6.99. The normalized spacial score (nSPS) is 11.7. The third kappa shape index (κ3) is 5.52. The molecule has 3 aromatic rings. The number of methoxy groups -OCH3 is 3. The molecule has 0 amide bonds. The zero-order valence-electron chi connectivity index (χ0n) is 17.4. The van der Waals surface area contributed by atoms with E-state index < -0.39 is 0 Å². The maximum absolute atomic E-state index is 5.64. The first-order chi connectivity index (χ1) is 14.2. The number of rotatable bonds is 10. The molecule has 0 spiro atoms. The van der Waals surface area contributed by atoms with Crippen molar-refractivity contribution in [2.45, 2.75) is 18.9 Å². The first kappa shape index (κ1) is 20.7. The van der Waals surface area contributed by atoms with Crippen LogP contribution in [-0.2, 0) is 6.54 Å². The Bertz CT molecular complexity index is 875. The maximum Gasteiger partial charge on any atom is 0.122 e. The van der Waals surface area contributed by atoms with Crippen LogP contribution >= 0.6 is 0 Å². The molecule has 0 aromatic heterocycles. The summed E-state index contributed by atoms with van der Waals surface area (Å²) >= 11 is 0. The minimum atomic E-state index is 0.268. The molecule has 152 valence electrons. The number of ether oxygens (including phenoxy) is 3. The Morgan fingerprint density at radius 2 is 1.34 bits per heavy atom. The monoisotopic (exact) mass is 392 g/mol. The number of nitrogens with two attached hydrogens (primary N) is 1. The Morgan fingerprint density at radius 1 is 0.724 bits per heavy atom. The van der Waals surface area contributed by atoms with E-state index in [0.29, 0.717) is 0 Å². The third-order valence-electron chi connectivity index (χ3n) is 5.23.